The molecule has 0 bridgehead atoms. The van der Waals surface area contributed by atoms with Gasteiger partial charge in [0, 0.05) is 23.5 Å². The minimum absolute atomic E-state index is 0.650. The summed E-state index contributed by atoms with van der Waals surface area (Å²) in [6, 6.07) is 3.90. The van der Waals surface area contributed by atoms with E-state index in [1.54, 1.807) is 0 Å². The molecule has 0 aliphatic carbocycles. The fraction of sp³-hybridized carbons (Fsp3) is 0.400. The highest BCUT2D eigenvalue weighted by Gasteiger charge is 2.10. The third-order valence-electron chi connectivity index (χ3n) is 2.58. The number of anilines is 2. The van der Waals surface area contributed by atoms with Gasteiger partial charge in [0.05, 0.1) is 5.69 Å². The van der Waals surface area contributed by atoms with Crippen LogP contribution in [0.3, 0.4) is 0 Å². The first-order valence-electron chi connectivity index (χ1n) is 4.90. The molecule has 1 aromatic carbocycles. The minimum Gasteiger partial charge on any atom is -0.755 e. The van der Waals surface area contributed by atoms with Crippen molar-refractivity contribution in [2.75, 3.05) is 16.6 Å². The van der Waals surface area contributed by atoms with Gasteiger partial charge in [-0.25, -0.2) is 0 Å². The minimum atomic E-state index is -2.26. The number of benzene rings is 1. The van der Waals surface area contributed by atoms with E-state index in [2.05, 4.69) is 10.0 Å². The van der Waals surface area contributed by atoms with Crippen LogP contribution >= 0.6 is 0 Å². The summed E-state index contributed by atoms with van der Waals surface area (Å²) in [5, 5.41) is 3.26. The van der Waals surface area contributed by atoms with Crippen LogP contribution in [0, 0.1) is 6.92 Å². The molecule has 0 saturated heterocycles. The first-order chi connectivity index (χ1) is 7.16. The average Bonchev–Trinajstić information content (AvgIpc) is 2.18. The standard InChI is InChI=1S/C10H14N2O2S/c1-7-5-8-3-2-4-11-10(8)6-9(7)12-15(13)14/h5-6,11-12H,2-4H2,1H3,(H,13,14)/p-1. The second-order valence-corrected chi connectivity index (χ2v) is 4.36. The van der Waals surface area contributed by atoms with Crippen LogP contribution in [0.2, 0.25) is 0 Å². The predicted octanol–water partition coefficient (Wildman–Crippen LogP) is 1.56. The molecule has 0 fully saturated rings. The normalized spacial score (nSPS) is 16.4. The van der Waals surface area contributed by atoms with Crippen LogP contribution in [0.4, 0.5) is 11.4 Å². The van der Waals surface area contributed by atoms with Gasteiger partial charge in [0.1, 0.15) is 0 Å². The molecular formula is C10H13N2O2S-. The monoisotopic (exact) mass is 225 g/mol. The van der Waals surface area contributed by atoms with E-state index < -0.39 is 11.3 Å². The first-order valence-corrected chi connectivity index (χ1v) is 5.97. The van der Waals surface area contributed by atoms with Gasteiger partial charge in [-0.3, -0.25) is 4.21 Å². The van der Waals surface area contributed by atoms with Gasteiger partial charge in [-0.15, -0.1) is 0 Å². The molecule has 0 aromatic heterocycles. The lowest BCUT2D eigenvalue weighted by Crippen LogP contribution is -2.13. The second-order valence-electron chi connectivity index (χ2n) is 3.69. The lowest BCUT2D eigenvalue weighted by atomic mass is 10.0. The molecule has 1 aromatic rings. The summed E-state index contributed by atoms with van der Waals surface area (Å²) in [4.78, 5) is 0. The second kappa shape index (κ2) is 4.20. The molecule has 15 heavy (non-hydrogen) atoms. The van der Waals surface area contributed by atoms with Crippen LogP contribution in [0.1, 0.15) is 17.5 Å². The third-order valence-corrected chi connectivity index (χ3v) is 2.97. The van der Waals surface area contributed by atoms with Crippen LogP contribution in [0.5, 0.6) is 0 Å². The van der Waals surface area contributed by atoms with Crippen molar-refractivity contribution in [3.63, 3.8) is 0 Å². The highest BCUT2D eigenvalue weighted by molar-refractivity contribution is 7.80. The Balaban J connectivity index is 2.36. The zero-order chi connectivity index (χ0) is 10.8. The molecule has 2 N–H and O–H groups in total. The molecule has 82 valence electrons. The third kappa shape index (κ3) is 2.30. The van der Waals surface area contributed by atoms with E-state index in [1.165, 1.54) is 5.56 Å². The Kier molecular flexibility index (Phi) is 2.93. The van der Waals surface area contributed by atoms with Gasteiger partial charge in [-0.05, 0) is 37.0 Å². The van der Waals surface area contributed by atoms with E-state index in [0.29, 0.717) is 5.69 Å². The maximum Gasteiger partial charge on any atom is 0.0502 e. The summed E-state index contributed by atoms with van der Waals surface area (Å²) < 4.78 is 23.5. The molecular weight excluding hydrogens is 212 g/mol. The smallest absolute Gasteiger partial charge is 0.0502 e. The van der Waals surface area contributed by atoms with Crippen molar-refractivity contribution in [1.29, 1.82) is 0 Å². The number of aryl methyl sites for hydroxylation is 2. The van der Waals surface area contributed by atoms with Crippen LogP contribution in [-0.4, -0.2) is 15.3 Å². The van der Waals surface area contributed by atoms with Crippen molar-refractivity contribution >= 4 is 22.6 Å². The number of hydrogen-bond acceptors (Lipinski definition) is 3. The Morgan fingerprint density at radius 2 is 2.33 bits per heavy atom. The fourth-order valence-electron chi connectivity index (χ4n) is 1.84. The highest BCUT2D eigenvalue weighted by atomic mass is 32.2. The van der Waals surface area contributed by atoms with Gasteiger partial charge in [0.15, 0.2) is 0 Å². The maximum atomic E-state index is 10.6. The van der Waals surface area contributed by atoms with Gasteiger partial charge >= 0.3 is 0 Å². The van der Waals surface area contributed by atoms with Gasteiger partial charge in [-0.2, -0.15) is 0 Å². The van der Waals surface area contributed by atoms with Crippen molar-refractivity contribution < 1.29 is 8.76 Å². The van der Waals surface area contributed by atoms with Gasteiger partial charge in [0.25, 0.3) is 0 Å². The zero-order valence-corrected chi connectivity index (χ0v) is 9.32. The van der Waals surface area contributed by atoms with Gasteiger partial charge in [-0.1, -0.05) is 6.07 Å². The summed E-state index contributed by atoms with van der Waals surface area (Å²) >= 11 is -2.26. The molecule has 5 heteroatoms. The van der Waals surface area contributed by atoms with Crippen LogP contribution < -0.4 is 10.0 Å². The summed E-state index contributed by atoms with van der Waals surface area (Å²) in [5.74, 6) is 0. The molecule has 0 saturated carbocycles. The van der Waals surface area contributed by atoms with E-state index >= 15 is 0 Å². The largest absolute Gasteiger partial charge is 0.755 e. The van der Waals surface area contributed by atoms with E-state index in [4.69, 9.17) is 0 Å². The number of nitrogens with one attached hydrogen (secondary N) is 2. The predicted molar refractivity (Wildman–Crippen MR) is 60.5 cm³/mol. The topological polar surface area (TPSA) is 64.2 Å². The Hall–Kier alpha value is -1.07. The van der Waals surface area contributed by atoms with Gasteiger partial charge < -0.3 is 14.6 Å². The number of fused-ring (bicyclic) bond motifs is 1. The summed E-state index contributed by atoms with van der Waals surface area (Å²) in [5.41, 5.74) is 3.92. The van der Waals surface area contributed by atoms with Crippen molar-refractivity contribution in [3.8, 4) is 0 Å². The molecule has 4 nitrogen and oxygen atoms in total. The van der Waals surface area contributed by atoms with Crippen LogP contribution in [0.15, 0.2) is 12.1 Å². The SMILES string of the molecule is Cc1cc2c(cc1NS(=O)[O-])NCCC2. The van der Waals surface area contributed by atoms with Crippen molar-refractivity contribution in [3.05, 3.63) is 23.3 Å². The highest BCUT2D eigenvalue weighted by Crippen LogP contribution is 2.28. The van der Waals surface area contributed by atoms with E-state index in [1.807, 2.05) is 19.1 Å². The van der Waals surface area contributed by atoms with E-state index in [-0.39, 0.29) is 0 Å². The van der Waals surface area contributed by atoms with Crippen molar-refractivity contribution in [1.82, 2.24) is 0 Å². The Bertz CT molecular complexity index is 407. The summed E-state index contributed by atoms with van der Waals surface area (Å²) in [7, 11) is 0. The molecule has 1 atom stereocenters. The van der Waals surface area contributed by atoms with E-state index in [9.17, 15) is 8.76 Å². The van der Waals surface area contributed by atoms with Gasteiger partial charge in [0.2, 0.25) is 0 Å². The van der Waals surface area contributed by atoms with Crippen LogP contribution in [0.25, 0.3) is 0 Å². The first kappa shape index (κ1) is 10.4. The molecule has 0 spiro atoms. The fourth-order valence-corrected chi connectivity index (χ4v) is 2.24. The lowest BCUT2D eigenvalue weighted by Gasteiger charge is -2.21. The molecule has 1 unspecified atom stereocenters. The van der Waals surface area contributed by atoms with E-state index in [0.717, 1.165) is 30.6 Å². The molecule has 1 aliphatic heterocycles. The average molecular weight is 225 g/mol. The summed E-state index contributed by atoms with van der Waals surface area (Å²) in [6.07, 6.45) is 2.19. The Morgan fingerprint density at radius 3 is 3.07 bits per heavy atom. The zero-order valence-electron chi connectivity index (χ0n) is 8.50. The number of rotatable bonds is 2. The lowest BCUT2D eigenvalue weighted by molar-refractivity contribution is 0.542. The maximum absolute atomic E-state index is 10.6. The molecule has 0 amide bonds. The molecule has 1 aliphatic rings. The Morgan fingerprint density at radius 1 is 1.53 bits per heavy atom. The quantitative estimate of drug-likeness (QED) is 0.751. The van der Waals surface area contributed by atoms with Crippen molar-refractivity contribution in [2.24, 2.45) is 0 Å². The van der Waals surface area contributed by atoms with Crippen LogP contribution in [-0.2, 0) is 17.7 Å². The molecule has 2 rings (SSSR count). The molecule has 1 heterocycles. The Labute approximate surface area is 91.5 Å². The number of hydrogen-bond donors (Lipinski definition) is 2. The molecule has 0 radical (unpaired) electrons. The summed E-state index contributed by atoms with van der Waals surface area (Å²) in [6.45, 7) is 2.86. The van der Waals surface area contributed by atoms with Crippen molar-refractivity contribution in [2.45, 2.75) is 19.8 Å².